The lowest BCUT2D eigenvalue weighted by molar-refractivity contribution is -0.118. The van der Waals surface area contributed by atoms with Gasteiger partial charge in [0.2, 0.25) is 5.91 Å². The second-order valence-corrected chi connectivity index (χ2v) is 6.99. The number of aliphatic hydroxyl groups is 1. The Morgan fingerprint density at radius 1 is 1.23 bits per heavy atom. The first-order chi connectivity index (χ1) is 12.6. The molecule has 1 aliphatic heterocycles. The standard InChI is InChI=1S/C20H33N3O3/c1-17(24)22-10-9-21-14-18-7-6-8-20(13-18)26-16-19(25)15-23-11-4-2-3-5-12-23/h6-8,13,19,21,25H,2-5,9-12,14-16H2,1H3,(H,22,24). The van der Waals surface area contributed by atoms with Gasteiger partial charge >= 0.3 is 0 Å². The van der Waals surface area contributed by atoms with E-state index >= 15 is 0 Å². The number of likely N-dealkylation sites (tertiary alicyclic amines) is 1. The SMILES string of the molecule is CC(=O)NCCNCc1cccc(OCC(O)CN2CCCCCC2)c1. The molecular formula is C20H33N3O3. The zero-order valence-corrected chi connectivity index (χ0v) is 15.9. The Morgan fingerprint density at radius 3 is 2.73 bits per heavy atom. The molecule has 0 aliphatic carbocycles. The first-order valence-corrected chi connectivity index (χ1v) is 9.71. The summed E-state index contributed by atoms with van der Waals surface area (Å²) in [6.07, 6.45) is 4.59. The zero-order valence-electron chi connectivity index (χ0n) is 15.9. The number of nitrogens with zero attached hydrogens (tertiary/aromatic N) is 1. The molecule has 1 aromatic carbocycles. The Labute approximate surface area is 156 Å². The fourth-order valence-corrected chi connectivity index (χ4v) is 3.17. The number of rotatable bonds is 10. The van der Waals surface area contributed by atoms with Gasteiger partial charge in [-0.2, -0.15) is 0 Å². The van der Waals surface area contributed by atoms with Crippen LogP contribution in [-0.4, -0.2) is 61.3 Å². The highest BCUT2D eigenvalue weighted by Crippen LogP contribution is 2.14. The van der Waals surface area contributed by atoms with Crippen molar-refractivity contribution in [3.63, 3.8) is 0 Å². The van der Waals surface area contributed by atoms with Gasteiger partial charge in [-0.3, -0.25) is 4.79 Å². The molecule has 26 heavy (non-hydrogen) atoms. The first-order valence-electron chi connectivity index (χ1n) is 9.71. The number of ether oxygens (including phenoxy) is 1. The van der Waals surface area contributed by atoms with Crippen LogP contribution < -0.4 is 15.4 Å². The van der Waals surface area contributed by atoms with Gasteiger partial charge < -0.3 is 25.4 Å². The molecule has 3 N–H and O–H groups in total. The van der Waals surface area contributed by atoms with Crippen LogP contribution >= 0.6 is 0 Å². The van der Waals surface area contributed by atoms with E-state index in [0.717, 1.165) is 30.9 Å². The molecule has 6 heteroatoms. The van der Waals surface area contributed by atoms with Gasteiger partial charge in [-0.15, -0.1) is 0 Å². The second-order valence-electron chi connectivity index (χ2n) is 6.99. The predicted molar refractivity (Wildman–Crippen MR) is 103 cm³/mol. The van der Waals surface area contributed by atoms with Crippen LogP contribution in [0.25, 0.3) is 0 Å². The zero-order chi connectivity index (χ0) is 18.6. The van der Waals surface area contributed by atoms with E-state index in [1.165, 1.54) is 32.6 Å². The highest BCUT2D eigenvalue weighted by molar-refractivity contribution is 5.72. The van der Waals surface area contributed by atoms with E-state index in [-0.39, 0.29) is 5.91 Å². The monoisotopic (exact) mass is 363 g/mol. The van der Waals surface area contributed by atoms with Gasteiger partial charge in [0.1, 0.15) is 18.5 Å². The van der Waals surface area contributed by atoms with Gasteiger partial charge in [0.15, 0.2) is 0 Å². The van der Waals surface area contributed by atoms with Gasteiger partial charge in [0, 0.05) is 33.1 Å². The molecule has 1 saturated heterocycles. The van der Waals surface area contributed by atoms with Gasteiger partial charge in [-0.1, -0.05) is 25.0 Å². The summed E-state index contributed by atoms with van der Waals surface area (Å²) >= 11 is 0. The van der Waals surface area contributed by atoms with Crippen molar-refractivity contribution in [2.24, 2.45) is 0 Å². The number of benzene rings is 1. The molecule has 0 radical (unpaired) electrons. The third-order valence-electron chi connectivity index (χ3n) is 4.51. The molecule has 1 heterocycles. The molecule has 1 atom stereocenters. The third kappa shape index (κ3) is 8.65. The van der Waals surface area contributed by atoms with Crippen LogP contribution in [0.4, 0.5) is 0 Å². The molecule has 146 valence electrons. The van der Waals surface area contributed by atoms with E-state index in [4.69, 9.17) is 4.74 Å². The number of aliphatic hydroxyl groups excluding tert-OH is 1. The maximum Gasteiger partial charge on any atom is 0.216 e. The molecule has 1 aliphatic rings. The van der Waals surface area contributed by atoms with Crippen LogP contribution in [0, 0.1) is 0 Å². The van der Waals surface area contributed by atoms with Crippen LogP contribution in [0.5, 0.6) is 5.75 Å². The van der Waals surface area contributed by atoms with Crippen molar-refractivity contribution in [1.29, 1.82) is 0 Å². The lowest BCUT2D eigenvalue weighted by Crippen LogP contribution is -2.36. The van der Waals surface area contributed by atoms with E-state index in [0.29, 0.717) is 26.2 Å². The van der Waals surface area contributed by atoms with Gasteiger partial charge in [-0.05, 0) is 43.6 Å². The topological polar surface area (TPSA) is 73.8 Å². The van der Waals surface area contributed by atoms with Gasteiger partial charge in [0.25, 0.3) is 0 Å². The van der Waals surface area contributed by atoms with E-state index in [1.54, 1.807) is 0 Å². The van der Waals surface area contributed by atoms with Crippen molar-refractivity contribution in [2.45, 2.75) is 45.3 Å². The van der Waals surface area contributed by atoms with Crippen molar-refractivity contribution < 1.29 is 14.6 Å². The summed E-state index contributed by atoms with van der Waals surface area (Å²) < 4.78 is 5.78. The van der Waals surface area contributed by atoms with Crippen molar-refractivity contribution in [3.8, 4) is 5.75 Å². The number of hydrogen-bond donors (Lipinski definition) is 3. The van der Waals surface area contributed by atoms with Crippen LogP contribution in [0.3, 0.4) is 0 Å². The molecule has 0 saturated carbocycles. The van der Waals surface area contributed by atoms with Crippen molar-refractivity contribution in [1.82, 2.24) is 15.5 Å². The average Bonchev–Trinajstić information content (AvgIpc) is 2.88. The minimum atomic E-state index is -0.465. The molecule has 0 aromatic heterocycles. The van der Waals surface area contributed by atoms with Gasteiger partial charge in [0.05, 0.1) is 0 Å². The number of carbonyl (C=O) groups is 1. The van der Waals surface area contributed by atoms with E-state index in [9.17, 15) is 9.90 Å². The highest BCUT2D eigenvalue weighted by Gasteiger charge is 2.14. The molecule has 1 unspecified atom stereocenters. The summed E-state index contributed by atoms with van der Waals surface area (Å²) in [4.78, 5) is 13.2. The van der Waals surface area contributed by atoms with Crippen LogP contribution in [0.2, 0.25) is 0 Å². The number of carbonyl (C=O) groups excluding carboxylic acids is 1. The Morgan fingerprint density at radius 2 is 2.00 bits per heavy atom. The van der Waals surface area contributed by atoms with Crippen molar-refractivity contribution >= 4 is 5.91 Å². The minimum Gasteiger partial charge on any atom is -0.491 e. The smallest absolute Gasteiger partial charge is 0.216 e. The molecular weight excluding hydrogens is 330 g/mol. The lowest BCUT2D eigenvalue weighted by atomic mass is 10.2. The fraction of sp³-hybridized carbons (Fsp3) is 0.650. The minimum absolute atomic E-state index is 0.0130. The summed E-state index contributed by atoms with van der Waals surface area (Å²) in [6, 6.07) is 7.90. The molecule has 0 bridgehead atoms. The number of amides is 1. The average molecular weight is 364 g/mol. The Hall–Kier alpha value is -1.63. The molecule has 6 nitrogen and oxygen atoms in total. The summed E-state index contributed by atoms with van der Waals surface area (Å²) in [5.41, 5.74) is 1.12. The normalized spacial score (nSPS) is 16.7. The molecule has 1 aromatic rings. The van der Waals surface area contributed by atoms with Crippen molar-refractivity contribution in [2.75, 3.05) is 39.3 Å². The van der Waals surface area contributed by atoms with E-state index in [2.05, 4.69) is 15.5 Å². The summed E-state index contributed by atoms with van der Waals surface area (Å²) in [5.74, 6) is 0.766. The number of β-amino-alcohol motifs (C(OH)–C–C–N with tert-alkyl or cyclic N) is 1. The van der Waals surface area contributed by atoms with Crippen molar-refractivity contribution in [3.05, 3.63) is 29.8 Å². The molecule has 0 spiro atoms. The lowest BCUT2D eigenvalue weighted by Gasteiger charge is -2.23. The Bertz CT molecular complexity index is 531. The molecule has 2 rings (SSSR count). The summed E-state index contributed by atoms with van der Waals surface area (Å²) in [7, 11) is 0. The Balaban J connectivity index is 1.67. The maximum absolute atomic E-state index is 10.8. The third-order valence-corrected chi connectivity index (χ3v) is 4.51. The van der Waals surface area contributed by atoms with E-state index in [1.807, 2.05) is 24.3 Å². The fourth-order valence-electron chi connectivity index (χ4n) is 3.17. The maximum atomic E-state index is 10.8. The Kier molecular flexibility index (Phi) is 9.45. The summed E-state index contributed by atoms with van der Waals surface area (Å²) in [6.45, 7) is 6.73. The van der Waals surface area contributed by atoms with Gasteiger partial charge in [-0.25, -0.2) is 0 Å². The number of nitrogens with one attached hydrogen (secondary N) is 2. The summed E-state index contributed by atoms with van der Waals surface area (Å²) in [5, 5.41) is 16.3. The molecule has 1 fully saturated rings. The predicted octanol–water partition coefficient (Wildman–Crippen LogP) is 1.53. The second kappa shape index (κ2) is 11.9. The van der Waals surface area contributed by atoms with Crippen LogP contribution in [-0.2, 0) is 11.3 Å². The van der Waals surface area contributed by atoms with E-state index < -0.39 is 6.10 Å². The molecule has 1 amide bonds. The van der Waals surface area contributed by atoms with Crippen LogP contribution in [0.1, 0.15) is 38.2 Å². The quantitative estimate of drug-likeness (QED) is 0.550. The largest absolute Gasteiger partial charge is 0.491 e. The van der Waals surface area contributed by atoms with Crippen LogP contribution in [0.15, 0.2) is 24.3 Å². The number of hydrogen-bond acceptors (Lipinski definition) is 5. The highest BCUT2D eigenvalue weighted by atomic mass is 16.5. The first kappa shape index (κ1) is 20.7.